The molecule has 1 aromatic heterocycles. The SMILES string of the molecule is CCC(C)C=Nc1c(C)nc(/N=C2\CCCN2C)[nH]c1=O.CCCOC.COc1ccc(C(OCC2CCC(C)O2)(c2ccccc2)c2ccc(OC)cc2)cc1. The van der Waals surface area contributed by atoms with Gasteiger partial charge >= 0.3 is 0 Å². The minimum Gasteiger partial charge on any atom is -0.497 e. The fourth-order valence-corrected chi connectivity index (χ4v) is 6.64. The van der Waals surface area contributed by atoms with Crippen molar-refractivity contribution in [2.75, 3.05) is 48.1 Å². The molecule has 3 aromatic carbocycles. The summed E-state index contributed by atoms with van der Waals surface area (Å²) in [6, 6.07) is 26.6. The van der Waals surface area contributed by atoms with E-state index in [0.29, 0.717) is 29.9 Å². The van der Waals surface area contributed by atoms with Crippen LogP contribution in [0.25, 0.3) is 0 Å². The number of nitrogens with one attached hydrogen (secondary N) is 1. The molecule has 6 rings (SSSR count). The molecule has 1 N–H and O–H groups in total. The Morgan fingerprint density at radius 3 is 2.02 bits per heavy atom. The van der Waals surface area contributed by atoms with Crippen LogP contribution in [0.2, 0.25) is 0 Å². The molecule has 11 nitrogen and oxygen atoms in total. The summed E-state index contributed by atoms with van der Waals surface area (Å²) < 4.78 is 28.4. The van der Waals surface area contributed by atoms with Gasteiger partial charge in [0.25, 0.3) is 5.56 Å². The third-order valence-corrected chi connectivity index (χ3v) is 10.1. The Bertz CT molecular complexity index is 1850. The van der Waals surface area contributed by atoms with Gasteiger partial charge in [-0.05, 0) is 92.8 Å². The van der Waals surface area contributed by atoms with Gasteiger partial charge in [-0.1, -0.05) is 75.4 Å². The third kappa shape index (κ3) is 12.6. The quantitative estimate of drug-likeness (QED) is 0.0994. The Labute approximate surface area is 339 Å². The van der Waals surface area contributed by atoms with Crippen molar-refractivity contribution in [2.45, 2.75) is 91.0 Å². The number of amidine groups is 1. The van der Waals surface area contributed by atoms with Crippen LogP contribution in [0.4, 0.5) is 11.6 Å². The Morgan fingerprint density at radius 1 is 0.947 bits per heavy atom. The van der Waals surface area contributed by atoms with E-state index in [1.54, 1.807) is 34.5 Å². The van der Waals surface area contributed by atoms with Gasteiger partial charge in [-0.25, -0.2) is 4.98 Å². The first-order valence-electron chi connectivity index (χ1n) is 20.1. The van der Waals surface area contributed by atoms with Crippen molar-refractivity contribution in [3.63, 3.8) is 0 Å². The van der Waals surface area contributed by atoms with Crippen LogP contribution in [0.5, 0.6) is 11.5 Å². The lowest BCUT2D eigenvalue weighted by Crippen LogP contribution is -2.35. The number of likely N-dealkylation sites (tertiary alicyclic amines) is 1. The first-order chi connectivity index (χ1) is 27.6. The van der Waals surface area contributed by atoms with Gasteiger partial charge in [0, 0.05) is 39.9 Å². The standard InChI is InChI=1S/C27H30O4.C15H23N5O.C4H10O/c1-20-9-14-26(31-20)19-30-27(21-7-5-4-6-8-21,22-10-15-24(28-2)16-11-22)23-12-17-25(29-3)18-13-23;1-5-10(2)9-16-13-11(3)17-15(19-14(13)21)18-12-7-6-8-20(12)4;1-3-4-5-2/h4-8,10-13,15-18,20,26H,9,14,19H2,1-3H3;9-10H,5-8H2,1-4H3,(H,17,19,21);3-4H2,1-2H3/b;16-9?,18-12+;. The molecule has 3 atom stereocenters. The Hall–Kier alpha value is -4.84. The maximum absolute atomic E-state index is 12.1. The molecule has 2 aliphatic heterocycles. The smallest absolute Gasteiger partial charge is 0.278 e. The zero-order valence-corrected chi connectivity index (χ0v) is 35.4. The highest BCUT2D eigenvalue weighted by atomic mass is 16.6. The van der Waals surface area contributed by atoms with E-state index in [0.717, 1.165) is 85.7 Å². The van der Waals surface area contributed by atoms with Crippen molar-refractivity contribution in [2.24, 2.45) is 15.9 Å². The zero-order chi connectivity index (χ0) is 41.2. The first-order valence-corrected chi connectivity index (χ1v) is 20.1. The van der Waals surface area contributed by atoms with Crippen LogP contribution in [0.15, 0.2) is 93.6 Å². The number of aryl methyl sites for hydroxylation is 1. The van der Waals surface area contributed by atoms with E-state index in [2.05, 4.69) is 101 Å². The third-order valence-electron chi connectivity index (χ3n) is 10.1. The number of benzene rings is 3. The molecule has 0 amide bonds. The van der Waals surface area contributed by atoms with Gasteiger partial charge < -0.3 is 28.6 Å². The van der Waals surface area contributed by atoms with Crippen molar-refractivity contribution in [3.8, 4) is 11.5 Å². The molecule has 2 saturated heterocycles. The predicted octanol–water partition coefficient (Wildman–Crippen LogP) is 9.20. The highest BCUT2D eigenvalue weighted by Gasteiger charge is 2.39. The summed E-state index contributed by atoms with van der Waals surface area (Å²) in [7, 11) is 7.07. The van der Waals surface area contributed by atoms with Crippen molar-refractivity contribution >= 4 is 23.7 Å². The normalized spacial score (nSPS) is 17.8. The number of rotatable bonds is 14. The summed E-state index contributed by atoms with van der Waals surface area (Å²) in [6.07, 6.45) is 8.38. The molecule has 4 aromatic rings. The zero-order valence-electron chi connectivity index (χ0n) is 35.4. The molecular weight excluding hydrogens is 719 g/mol. The fraction of sp³-hybridized carbons (Fsp3) is 0.478. The van der Waals surface area contributed by atoms with Crippen LogP contribution >= 0.6 is 0 Å². The van der Waals surface area contributed by atoms with Crippen molar-refractivity contribution in [3.05, 3.63) is 112 Å². The Morgan fingerprint density at radius 2 is 1.56 bits per heavy atom. The molecule has 2 aliphatic rings. The van der Waals surface area contributed by atoms with E-state index < -0.39 is 5.60 Å². The van der Waals surface area contributed by atoms with Crippen molar-refractivity contribution in [1.29, 1.82) is 0 Å². The van der Waals surface area contributed by atoms with E-state index >= 15 is 0 Å². The molecule has 2 fully saturated rings. The lowest BCUT2D eigenvalue weighted by atomic mass is 9.80. The number of hydrogen-bond donors (Lipinski definition) is 1. The van der Waals surface area contributed by atoms with Crippen LogP contribution in [0, 0.1) is 12.8 Å². The van der Waals surface area contributed by atoms with Gasteiger partial charge in [0.15, 0.2) is 0 Å². The summed E-state index contributed by atoms with van der Waals surface area (Å²) in [5.74, 6) is 3.30. The van der Waals surface area contributed by atoms with E-state index in [9.17, 15) is 4.79 Å². The second-order valence-electron chi connectivity index (χ2n) is 14.5. The van der Waals surface area contributed by atoms with Gasteiger partial charge in [0.1, 0.15) is 28.6 Å². The van der Waals surface area contributed by atoms with E-state index in [1.807, 2.05) is 37.4 Å². The summed E-state index contributed by atoms with van der Waals surface area (Å²) in [4.78, 5) is 30.0. The number of aromatic amines is 1. The molecular formula is C46H63N5O6. The number of aliphatic imine (C=N–C) groups is 2. The lowest BCUT2D eigenvalue weighted by Gasteiger charge is -2.37. The van der Waals surface area contributed by atoms with Gasteiger partial charge in [0.05, 0.1) is 38.7 Å². The highest BCUT2D eigenvalue weighted by molar-refractivity contribution is 5.85. The molecule has 0 spiro atoms. The van der Waals surface area contributed by atoms with Crippen LogP contribution in [-0.2, 0) is 19.8 Å². The number of hydrogen-bond acceptors (Lipinski definition) is 9. The molecule has 3 heterocycles. The number of H-pyrrole nitrogens is 1. The molecule has 308 valence electrons. The maximum atomic E-state index is 12.1. The monoisotopic (exact) mass is 781 g/mol. The van der Waals surface area contributed by atoms with Gasteiger partial charge in [0.2, 0.25) is 5.95 Å². The molecule has 0 bridgehead atoms. The molecule has 11 heteroatoms. The number of aromatic nitrogens is 2. The average molecular weight is 782 g/mol. The number of nitrogens with zero attached hydrogens (tertiary/aromatic N) is 4. The number of methoxy groups -OCH3 is 3. The minimum atomic E-state index is -0.783. The van der Waals surface area contributed by atoms with Crippen molar-refractivity contribution in [1.82, 2.24) is 14.9 Å². The second kappa shape index (κ2) is 22.8. The average Bonchev–Trinajstić information content (AvgIpc) is 3.85. The fourth-order valence-electron chi connectivity index (χ4n) is 6.64. The van der Waals surface area contributed by atoms with Crippen LogP contribution in [-0.4, -0.2) is 87.3 Å². The van der Waals surface area contributed by atoms with Crippen LogP contribution < -0.4 is 15.0 Å². The second-order valence-corrected chi connectivity index (χ2v) is 14.5. The topological polar surface area (TPSA) is 120 Å². The largest absolute Gasteiger partial charge is 0.497 e. The minimum absolute atomic E-state index is 0.0922. The summed E-state index contributed by atoms with van der Waals surface area (Å²) in [5.41, 5.74) is 3.11. The summed E-state index contributed by atoms with van der Waals surface area (Å²) in [6.45, 7) is 12.6. The van der Waals surface area contributed by atoms with E-state index in [-0.39, 0.29) is 17.8 Å². The van der Waals surface area contributed by atoms with Crippen LogP contribution in [0.3, 0.4) is 0 Å². The molecule has 0 saturated carbocycles. The number of ether oxygens (including phenoxy) is 5. The van der Waals surface area contributed by atoms with E-state index in [4.69, 9.17) is 23.7 Å². The summed E-state index contributed by atoms with van der Waals surface area (Å²) >= 11 is 0. The molecule has 57 heavy (non-hydrogen) atoms. The van der Waals surface area contributed by atoms with Crippen LogP contribution in [0.1, 0.15) is 88.6 Å². The molecule has 0 aliphatic carbocycles. The first kappa shape index (κ1) is 44.9. The van der Waals surface area contributed by atoms with Crippen molar-refractivity contribution < 1.29 is 23.7 Å². The van der Waals surface area contributed by atoms with Gasteiger partial charge in [-0.2, -0.15) is 4.99 Å². The lowest BCUT2D eigenvalue weighted by molar-refractivity contribution is -0.0586. The summed E-state index contributed by atoms with van der Waals surface area (Å²) in [5, 5.41) is 0. The van der Waals surface area contributed by atoms with Gasteiger partial charge in [-0.3, -0.25) is 14.8 Å². The molecule has 3 unspecified atom stereocenters. The molecule has 0 radical (unpaired) electrons. The maximum Gasteiger partial charge on any atom is 0.278 e. The van der Waals surface area contributed by atoms with E-state index in [1.165, 1.54) is 0 Å². The van der Waals surface area contributed by atoms with Gasteiger partial charge in [-0.15, -0.1) is 0 Å². The Balaban J connectivity index is 0.000000239. The predicted molar refractivity (Wildman–Crippen MR) is 230 cm³/mol. The Kier molecular flexibility index (Phi) is 17.9. The highest BCUT2D eigenvalue weighted by Crippen LogP contribution is 2.42.